The Balaban J connectivity index is 3.35. The molecular formula is C3H16N2Si3. The van der Waals surface area contributed by atoms with Crippen LogP contribution < -0.4 is 4.98 Å². The molecule has 0 aliphatic carbocycles. The molecule has 0 aromatic heterocycles. The first-order valence-electron chi connectivity index (χ1n) is 3.06. The van der Waals surface area contributed by atoms with Crippen LogP contribution in [0.4, 0.5) is 0 Å². The minimum absolute atomic E-state index is 0.559. The van der Waals surface area contributed by atoms with E-state index in [1.54, 1.807) is 0 Å². The van der Waals surface area contributed by atoms with Crippen molar-refractivity contribution < 1.29 is 0 Å². The average Bonchev–Trinajstić information content (AvgIpc) is 1.69. The fraction of sp³-hybridized carbons (Fsp3) is 1.00. The fourth-order valence-electron chi connectivity index (χ4n) is 0.827. The van der Waals surface area contributed by atoms with Gasteiger partial charge in [-0.05, 0) is 13.1 Å². The topological polar surface area (TPSA) is 15.3 Å². The molecule has 0 bridgehead atoms. The summed E-state index contributed by atoms with van der Waals surface area (Å²) in [6, 6.07) is 1.36. The largest absolute Gasteiger partial charge is 0.373 e. The van der Waals surface area contributed by atoms with Crippen LogP contribution in [0.1, 0.15) is 6.92 Å². The summed E-state index contributed by atoms with van der Waals surface area (Å²) in [5.74, 6) is 0. The van der Waals surface area contributed by atoms with E-state index in [1.165, 1.54) is 26.9 Å². The second-order valence-corrected chi connectivity index (χ2v) is 12.3. The average molecular weight is 164 g/mol. The zero-order valence-corrected chi connectivity index (χ0v) is 11.4. The summed E-state index contributed by atoms with van der Waals surface area (Å²) in [5, 5.41) is 0. The SMILES string of the molecule is CC[SiH](NC)N([SiH3])[SiH3]. The molecule has 0 fully saturated rings. The van der Waals surface area contributed by atoms with Gasteiger partial charge in [0.2, 0.25) is 0 Å². The van der Waals surface area contributed by atoms with E-state index in [-0.39, 0.29) is 0 Å². The molecule has 0 spiro atoms. The summed E-state index contributed by atoms with van der Waals surface area (Å²) in [6.45, 7) is 2.27. The zero-order valence-electron chi connectivity index (χ0n) is 6.23. The van der Waals surface area contributed by atoms with Crippen LogP contribution in [0.3, 0.4) is 0 Å². The number of hydrogen-bond acceptors (Lipinski definition) is 2. The third kappa shape index (κ3) is 2.78. The molecule has 0 radical (unpaired) electrons. The van der Waals surface area contributed by atoms with Crippen LogP contribution in [-0.2, 0) is 0 Å². The van der Waals surface area contributed by atoms with Crippen molar-refractivity contribution in [2.24, 2.45) is 0 Å². The minimum Gasteiger partial charge on any atom is -0.373 e. The Bertz CT molecular complexity index is 54.5. The number of nitrogens with one attached hydrogen (secondary N) is 1. The Kier molecular flexibility index (Phi) is 4.77. The minimum atomic E-state index is -0.559. The molecule has 0 aliphatic rings. The van der Waals surface area contributed by atoms with Gasteiger partial charge in [0.1, 0.15) is 0 Å². The predicted molar refractivity (Wildman–Crippen MR) is 48.4 cm³/mol. The van der Waals surface area contributed by atoms with Gasteiger partial charge in [0.15, 0.2) is 9.12 Å². The molecule has 50 valence electrons. The van der Waals surface area contributed by atoms with E-state index < -0.39 is 9.12 Å². The van der Waals surface area contributed by atoms with Crippen molar-refractivity contribution in [2.75, 3.05) is 7.05 Å². The lowest BCUT2D eigenvalue weighted by Gasteiger charge is -2.20. The third-order valence-electron chi connectivity index (χ3n) is 1.34. The Hall–Kier alpha value is 0.571. The van der Waals surface area contributed by atoms with E-state index in [9.17, 15) is 0 Å². The Morgan fingerprint density at radius 2 is 2.12 bits per heavy atom. The van der Waals surface area contributed by atoms with E-state index >= 15 is 0 Å². The molecule has 2 nitrogen and oxygen atoms in total. The summed E-state index contributed by atoms with van der Waals surface area (Å²) in [7, 11) is 4.06. The standard InChI is InChI=1S/C3H16N2Si3/c1-3-8(4-2)5(6)7/h4,8H,3H2,1-2,6-7H3. The lowest BCUT2D eigenvalue weighted by Crippen LogP contribution is -2.45. The van der Waals surface area contributed by atoms with Crippen LogP contribution in [0.25, 0.3) is 0 Å². The summed E-state index contributed by atoms with van der Waals surface area (Å²) < 4.78 is 2.58. The van der Waals surface area contributed by atoms with Crippen LogP contribution in [0.15, 0.2) is 0 Å². The number of nitrogens with zero attached hydrogens (tertiary/aromatic N) is 1. The molecule has 0 saturated heterocycles. The van der Waals surface area contributed by atoms with E-state index in [0.717, 1.165) is 0 Å². The molecule has 0 amide bonds. The van der Waals surface area contributed by atoms with Gasteiger partial charge in [-0.1, -0.05) is 6.92 Å². The van der Waals surface area contributed by atoms with E-state index in [2.05, 4.69) is 22.9 Å². The molecule has 0 saturated carbocycles. The van der Waals surface area contributed by atoms with Gasteiger partial charge < -0.3 is 8.88 Å². The Labute approximate surface area is 59.4 Å². The van der Waals surface area contributed by atoms with Gasteiger partial charge in [-0.3, -0.25) is 0 Å². The highest BCUT2D eigenvalue weighted by Gasteiger charge is 2.04. The molecule has 0 aromatic rings. The smallest absolute Gasteiger partial charge is 0.172 e. The van der Waals surface area contributed by atoms with Crippen LogP contribution in [-0.4, -0.2) is 40.9 Å². The molecule has 8 heavy (non-hydrogen) atoms. The quantitative estimate of drug-likeness (QED) is 0.457. The van der Waals surface area contributed by atoms with Crippen LogP contribution in [0.5, 0.6) is 0 Å². The predicted octanol–water partition coefficient (Wildman–Crippen LogP) is -2.69. The molecule has 1 unspecified atom stereocenters. The summed E-state index contributed by atoms with van der Waals surface area (Å²) in [5.41, 5.74) is 0. The van der Waals surface area contributed by atoms with Gasteiger partial charge in [0.05, 0.1) is 20.8 Å². The van der Waals surface area contributed by atoms with Gasteiger partial charge in [0, 0.05) is 0 Å². The van der Waals surface area contributed by atoms with Gasteiger partial charge >= 0.3 is 0 Å². The second-order valence-electron chi connectivity index (χ2n) is 2.18. The molecule has 0 aromatic carbocycles. The van der Waals surface area contributed by atoms with Crippen molar-refractivity contribution in [1.82, 2.24) is 8.88 Å². The second kappa shape index (κ2) is 4.45. The molecule has 0 heterocycles. The Morgan fingerprint density at radius 3 is 2.12 bits per heavy atom. The first-order chi connectivity index (χ1) is 3.72. The molecule has 5 heteroatoms. The maximum Gasteiger partial charge on any atom is 0.172 e. The van der Waals surface area contributed by atoms with Crippen LogP contribution in [0.2, 0.25) is 6.04 Å². The third-order valence-corrected chi connectivity index (χ3v) is 7.77. The maximum atomic E-state index is 3.39. The maximum absolute atomic E-state index is 3.39. The van der Waals surface area contributed by atoms with E-state index in [1.807, 2.05) is 0 Å². The van der Waals surface area contributed by atoms with Crippen molar-refractivity contribution in [2.45, 2.75) is 13.0 Å². The normalized spacial score (nSPS) is 15.4. The zero-order chi connectivity index (χ0) is 6.57. The van der Waals surface area contributed by atoms with Crippen molar-refractivity contribution >= 4 is 29.9 Å². The van der Waals surface area contributed by atoms with Gasteiger partial charge in [-0.15, -0.1) is 0 Å². The van der Waals surface area contributed by atoms with Crippen molar-refractivity contribution in [3.05, 3.63) is 0 Å². The molecule has 0 rings (SSSR count). The van der Waals surface area contributed by atoms with Gasteiger partial charge in [0.25, 0.3) is 0 Å². The first-order valence-corrected chi connectivity index (χ1v) is 6.76. The summed E-state index contributed by atoms with van der Waals surface area (Å²) >= 11 is 0. The summed E-state index contributed by atoms with van der Waals surface area (Å²) in [6.07, 6.45) is 0. The lowest BCUT2D eigenvalue weighted by atomic mass is 11.0. The molecule has 0 aliphatic heterocycles. The molecular weight excluding hydrogens is 148 g/mol. The molecule has 1 atom stereocenters. The van der Waals surface area contributed by atoms with Crippen molar-refractivity contribution in [3.8, 4) is 0 Å². The lowest BCUT2D eigenvalue weighted by molar-refractivity contribution is 0.978. The monoisotopic (exact) mass is 164 g/mol. The Morgan fingerprint density at radius 1 is 1.62 bits per heavy atom. The first kappa shape index (κ1) is 8.57. The van der Waals surface area contributed by atoms with Crippen LogP contribution >= 0.6 is 0 Å². The number of hydrogen-bond donors (Lipinski definition) is 1. The van der Waals surface area contributed by atoms with Gasteiger partial charge in [-0.2, -0.15) is 0 Å². The fourth-order valence-corrected chi connectivity index (χ4v) is 6.22. The van der Waals surface area contributed by atoms with Crippen LogP contribution in [0, 0.1) is 0 Å². The van der Waals surface area contributed by atoms with Crippen molar-refractivity contribution in [3.63, 3.8) is 0 Å². The summed E-state index contributed by atoms with van der Waals surface area (Å²) in [4.78, 5) is 3.39. The van der Waals surface area contributed by atoms with Gasteiger partial charge in [-0.25, -0.2) is 0 Å². The molecule has 1 N–H and O–H groups in total. The highest BCUT2D eigenvalue weighted by molar-refractivity contribution is 6.65. The van der Waals surface area contributed by atoms with E-state index in [0.29, 0.717) is 0 Å². The number of rotatable bonds is 3. The highest BCUT2D eigenvalue weighted by atomic mass is 28.4. The highest BCUT2D eigenvalue weighted by Crippen LogP contribution is 1.85. The van der Waals surface area contributed by atoms with E-state index in [4.69, 9.17) is 0 Å². The van der Waals surface area contributed by atoms with Crippen molar-refractivity contribution in [1.29, 1.82) is 0 Å².